The molecule has 158 valence electrons. The first-order valence-electron chi connectivity index (χ1n) is 10.8. The van der Waals surface area contributed by atoms with Crippen LogP contribution in [0.5, 0.6) is 0 Å². The van der Waals surface area contributed by atoms with E-state index in [1.807, 2.05) is 12.1 Å². The van der Waals surface area contributed by atoms with E-state index in [-0.39, 0.29) is 17.9 Å². The number of amides is 2. The third-order valence-electron chi connectivity index (χ3n) is 5.95. The van der Waals surface area contributed by atoms with Gasteiger partial charge in [0.1, 0.15) is 0 Å². The molecule has 2 fully saturated rings. The Kier molecular flexibility index (Phi) is 6.45. The Morgan fingerprint density at radius 1 is 0.967 bits per heavy atom. The molecule has 6 heteroatoms. The van der Waals surface area contributed by atoms with Crippen LogP contribution in [0.2, 0.25) is 0 Å². The topological polar surface area (TPSA) is 72.9 Å². The molecule has 0 aromatic heterocycles. The third kappa shape index (κ3) is 5.07. The Morgan fingerprint density at radius 2 is 1.63 bits per heavy atom. The highest BCUT2D eigenvalue weighted by atomic mass is 16.3. The average molecular weight is 408 g/mol. The summed E-state index contributed by atoms with van der Waals surface area (Å²) in [5, 5.41) is 12.6. The summed E-state index contributed by atoms with van der Waals surface area (Å²) in [5.41, 5.74) is 3.75. The highest BCUT2D eigenvalue weighted by Gasteiger charge is 2.21. The van der Waals surface area contributed by atoms with Gasteiger partial charge in [-0.25, -0.2) is 0 Å². The molecule has 0 radical (unpaired) electrons. The fourth-order valence-corrected chi connectivity index (χ4v) is 4.10. The van der Waals surface area contributed by atoms with Gasteiger partial charge in [0, 0.05) is 50.4 Å². The van der Waals surface area contributed by atoms with Crippen LogP contribution in [0.1, 0.15) is 47.2 Å². The Hall–Kier alpha value is -2.70. The van der Waals surface area contributed by atoms with Crippen molar-refractivity contribution in [1.82, 2.24) is 10.2 Å². The van der Waals surface area contributed by atoms with E-state index in [0.717, 1.165) is 56.7 Å². The summed E-state index contributed by atoms with van der Waals surface area (Å²) in [4.78, 5) is 28.4. The molecule has 0 unspecified atom stereocenters. The normalized spacial score (nSPS) is 18.0. The molecule has 0 saturated carbocycles. The highest BCUT2D eigenvalue weighted by molar-refractivity contribution is 5.97. The SMILES string of the molecule is O=C(NCc1ccc(CN2CCC(O)CC2)cc1)c1ccc(N2CCCC2=O)cc1. The van der Waals surface area contributed by atoms with Gasteiger partial charge in [-0.2, -0.15) is 0 Å². The number of nitrogens with zero attached hydrogens (tertiary/aromatic N) is 2. The van der Waals surface area contributed by atoms with E-state index in [0.29, 0.717) is 18.5 Å². The molecule has 0 atom stereocenters. The van der Waals surface area contributed by atoms with Crippen molar-refractivity contribution in [3.05, 3.63) is 65.2 Å². The molecule has 0 bridgehead atoms. The summed E-state index contributed by atoms with van der Waals surface area (Å²) < 4.78 is 0. The number of aliphatic hydroxyl groups is 1. The number of rotatable bonds is 6. The maximum absolute atomic E-state index is 12.5. The number of hydrogen-bond acceptors (Lipinski definition) is 4. The first kappa shape index (κ1) is 20.6. The number of carbonyl (C=O) groups excluding carboxylic acids is 2. The van der Waals surface area contributed by atoms with Crippen molar-refractivity contribution in [3.8, 4) is 0 Å². The smallest absolute Gasteiger partial charge is 0.251 e. The Balaban J connectivity index is 1.27. The van der Waals surface area contributed by atoms with Crippen LogP contribution in [0.15, 0.2) is 48.5 Å². The lowest BCUT2D eigenvalue weighted by Crippen LogP contribution is -2.35. The molecular weight excluding hydrogens is 378 g/mol. The zero-order valence-electron chi connectivity index (χ0n) is 17.2. The number of hydrogen-bond donors (Lipinski definition) is 2. The Labute approximate surface area is 177 Å². The molecule has 2 aromatic carbocycles. The zero-order valence-corrected chi connectivity index (χ0v) is 17.2. The average Bonchev–Trinajstić information content (AvgIpc) is 3.20. The molecule has 2 aliphatic rings. The first-order chi connectivity index (χ1) is 14.6. The fraction of sp³-hybridized carbons (Fsp3) is 0.417. The largest absolute Gasteiger partial charge is 0.393 e. The Morgan fingerprint density at radius 3 is 2.27 bits per heavy atom. The summed E-state index contributed by atoms with van der Waals surface area (Å²) >= 11 is 0. The molecule has 2 saturated heterocycles. The number of nitrogens with one attached hydrogen (secondary N) is 1. The van der Waals surface area contributed by atoms with E-state index >= 15 is 0 Å². The zero-order chi connectivity index (χ0) is 20.9. The molecule has 0 aliphatic carbocycles. The van der Waals surface area contributed by atoms with Crippen molar-refractivity contribution in [3.63, 3.8) is 0 Å². The highest BCUT2D eigenvalue weighted by Crippen LogP contribution is 2.21. The molecule has 6 nitrogen and oxygen atoms in total. The molecule has 4 rings (SSSR count). The van der Waals surface area contributed by atoms with E-state index < -0.39 is 0 Å². The summed E-state index contributed by atoms with van der Waals surface area (Å²) in [6.45, 7) is 3.99. The minimum atomic E-state index is -0.147. The molecule has 2 heterocycles. The summed E-state index contributed by atoms with van der Waals surface area (Å²) in [6, 6.07) is 15.5. The second-order valence-electron chi connectivity index (χ2n) is 8.20. The van der Waals surface area contributed by atoms with Crippen LogP contribution < -0.4 is 10.2 Å². The van der Waals surface area contributed by atoms with E-state index in [4.69, 9.17) is 0 Å². The molecule has 2 N–H and O–H groups in total. The number of benzene rings is 2. The first-order valence-corrected chi connectivity index (χ1v) is 10.8. The quantitative estimate of drug-likeness (QED) is 0.772. The minimum Gasteiger partial charge on any atom is -0.393 e. The van der Waals surface area contributed by atoms with Crippen molar-refractivity contribution in [2.24, 2.45) is 0 Å². The lowest BCUT2D eigenvalue weighted by molar-refractivity contribution is -0.117. The van der Waals surface area contributed by atoms with Crippen molar-refractivity contribution in [1.29, 1.82) is 0 Å². The molecule has 2 amide bonds. The monoisotopic (exact) mass is 407 g/mol. The molecular formula is C24H29N3O3. The van der Waals surface area contributed by atoms with Crippen LogP contribution in [0, 0.1) is 0 Å². The van der Waals surface area contributed by atoms with Gasteiger partial charge in [0.25, 0.3) is 5.91 Å². The number of carbonyl (C=O) groups is 2. The summed E-state index contributed by atoms with van der Waals surface area (Å²) in [5.74, 6) is 0.0266. The standard InChI is InChI=1S/C24H29N3O3/c28-22-11-14-26(15-12-22)17-19-5-3-18(4-6-19)16-25-24(30)20-7-9-21(10-8-20)27-13-1-2-23(27)29/h3-10,22,28H,1-2,11-17H2,(H,25,30). The predicted octanol–water partition coefficient (Wildman–Crippen LogP) is 2.70. The number of anilines is 1. The molecule has 2 aromatic rings. The van der Waals surface area contributed by atoms with Crippen LogP contribution >= 0.6 is 0 Å². The lowest BCUT2D eigenvalue weighted by Gasteiger charge is -2.29. The Bertz CT molecular complexity index is 872. The van der Waals surface area contributed by atoms with Gasteiger partial charge in [-0.3, -0.25) is 14.5 Å². The van der Waals surface area contributed by atoms with Gasteiger partial charge >= 0.3 is 0 Å². The maximum atomic E-state index is 12.5. The second kappa shape index (κ2) is 9.41. The molecule has 30 heavy (non-hydrogen) atoms. The van der Waals surface area contributed by atoms with Gasteiger partial charge in [-0.1, -0.05) is 24.3 Å². The number of likely N-dealkylation sites (tertiary alicyclic amines) is 1. The van der Waals surface area contributed by atoms with Crippen LogP contribution in [0.3, 0.4) is 0 Å². The van der Waals surface area contributed by atoms with E-state index in [1.54, 1.807) is 17.0 Å². The van der Waals surface area contributed by atoms with Gasteiger partial charge in [0.2, 0.25) is 5.91 Å². The van der Waals surface area contributed by atoms with Crippen molar-refractivity contribution in [2.75, 3.05) is 24.5 Å². The van der Waals surface area contributed by atoms with Crippen molar-refractivity contribution >= 4 is 17.5 Å². The van der Waals surface area contributed by atoms with E-state index in [2.05, 4.69) is 34.5 Å². The van der Waals surface area contributed by atoms with Crippen LogP contribution in [0.25, 0.3) is 0 Å². The second-order valence-corrected chi connectivity index (χ2v) is 8.20. The molecule has 2 aliphatic heterocycles. The van der Waals surface area contributed by atoms with Crippen molar-refractivity contribution < 1.29 is 14.7 Å². The van der Waals surface area contributed by atoms with Gasteiger partial charge < -0.3 is 15.3 Å². The summed E-state index contributed by atoms with van der Waals surface area (Å²) in [6.07, 6.45) is 3.04. The van der Waals surface area contributed by atoms with E-state index in [9.17, 15) is 14.7 Å². The number of aliphatic hydroxyl groups excluding tert-OH is 1. The van der Waals surface area contributed by atoms with Crippen LogP contribution in [0.4, 0.5) is 5.69 Å². The van der Waals surface area contributed by atoms with Gasteiger partial charge in [-0.15, -0.1) is 0 Å². The van der Waals surface area contributed by atoms with Crippen LogP contribution in [-0.2, 0) is 17.9 Å². The van der Waals surface area contributed by atoms with Crippen LogP contribution in [-0.4, -0.2) is 47.6 Å². The van der Waals surface area contributed by atoms with Gasteiger partial charge in [0.15, 0.2) is 0 Å². The maximum Gasteiger partial charge on any atom is 0.251 e. The van der Waals surface area contributed by atoms with E-state index in [1.165, 1.54) is 5.56 Å². The number of piperidine rings is 1. The lowest BCUT2D eigenvalue weighted by atomic mass is 10.1. The third-order valence-corrected chi connectivity index (χ3v) is 5.95. The van der Waals surface area contributed by atoms with Crippen molar-refractivity contribution in [2.45, 2.75) is 44.9 Å². The molecule has 0 spiro atoms. The summed E-state index contributed by atoms with van der Waals surface area (Å²) in [7, 11) is 0. The predicted molar refractivity (Wildman–Crippen MR) is 116 cm³/mol. The van der Waals surface area contributed by atoms with Gasteiger partial charge in [0.05, 0.1) is 6.10 Å². The van der Waals surface area contributed by atoms with Gasteiger partial charge in [-0.05, 0) is 54.7 Å². The fourth-order valence-electron chi connectivity index (χ4n) is 4.10. The minimum absolute atomic E-state index is 0.120.